The standard InChI is InChI=1S/C12H12FN3O2/c1-14-6-11-16-10(7-18-11)12(17)15-9-4-2-8(13)3-5-9/h2-5,7,14H,6H2,1H3,(H,15,17). The summed E-state index contributed by atoms with van der Waals surface area (Å²) in [6.45, 7) is 0.448. The van der Waals surface area contributed by atoms with Gasteiger partial charge in [-0.2, -0.15) is 0 Å². The summed E-state index contributed by atoms with van der Waals surface area (Å²) in [6.07, 6.45) is 1.28. The number of hydrogen-bond acceptors (Lipinski definition) is 4. The number of aromatic nitrogens is 1. The highest BCUT2D eigenvalue weighted by Crippen LogP contribution is 2.10. The van der Waals surface area contributed by atoms with Crippen molar-refractivity contribution >= 4 is 11.6 Å². The number of amides is 1. The summed E-state index contributed by atoms with van der Waals surface area (Å²) in [7, 11) is 1.75. The highest BCUT2D eigenvalue weighted by atomic mass is 19.1. The van der Waals surface area contributed by atoms with E-state index in [1.165, 1.54) is 30.5 Å². The van der Waals surface area contributed by atoms with E-state index in [0.29, 0.717) is 18.1 Å². The van der Waals surface area contributed by atoms with Gasteiger partial charge in [-0.1, -0.05) is 0 Å². The number of anilines is 1. The van der Waals surface area contributed by atoms with Gasteiger partial charge in [-0.05, 0) is 31.3 Å². The quantitative estimate of drug-likeness (QED) is 0.866. The molecule has 0 aliphatic carbocycles. The first-order chi connectivity index (χ1) is 8.69. The average molecular weight is 249 g/mol. The van der Waals surface area contributed by atoms with E-state index in [4.69, 9.17) is 4.42 Å². The maximum absolute atomic E-state index is 12.7. The molecule has 18 heavy (non-hydrogen) atoms. The van der Waals surface area contributed by atoms with Gasteiger partial charge in [-0.15, -0.1) is 0 Å². The molecular weight excluding hydrogens is 237 g/mol. The minimum atomic E-state index is -0.396. The zero-order chi connectivity index (χ0) is 13.0. The van der Waals surface area contributed by atoms with Crippen molar-refractivity contribution in [1.29, 1.82) is 0 Å². The lowest BCUT2D eigenvalue weighted by Gasteiger charge is -2.01. The molecule has 1 amide bonds. The average Bonchev–Trinajstić information content (AvgIpc) is 2.81. The summed E-state index contributed by atoms with van der Waals surface area (Å²) in [5.41, 5.74) is 0.684. The van der Waals surface area contributed by atoms with Crippen LogP contribution in [0.4, 0.5) is 10.1 Å². The van der Waals surface area contributed by atoms with Crippen LogP contribution in [0.5, 0.6) is 0 Å². The molecule has 1 aromatic heterocycles. The maximum Gasteiger partial charge on any atom is 0.277 e. The van der Waals surface area contributed by atoms with Crippen molar-refractivity contribution in [2.45, 2.75) is 6.54 Å². The molecule has 2 rings (SSSR count). The summed E-state index contributed by atoms with van der Waals surface area (Å²) in [4.78, 5) is 15.8. The molecule has 1 heterocycles. The van der Waals surface area contributed by atoms with Crippen molar-refractivity contribution in [1.82, 2.24) is 10.3 Å². The van der Waals surface area contributed by atoms with Crippen molar-refractivity contribution in [3.63, 3.8) is 0 Å². The van der Waals surface area contributed by atoms with Crippen LogP contribution in [0.2, 0.25) is 0 Å². The third kappa shape index (κ3) is 2.92. The molecule has 5 nitrogen and oxygen atoms in total. The number of carbonyl (C=O) groups is 1. The van der Waals surface area contributed by atoms with Crippen LogP contribution in [-0.2, 0) is 6.54 Å². The van der Waals surface area contributed by atoms with Crippen molar-refractivity contribution in [3.8, 4) is 0 Å². The predicted molar refractivity (Wildman–Crippen MR) is 63.6 cm³/mol. The van der Waals surface area contributed by atoms with E-state index in [1.54, 1.807) is 7.05 Å². The molecule has 1 aromatic carbocycles. The monoisotopic (exact) mass is 249 g/mol. The van der Waals surface area contributed by atoms with Crippen LogP contribution in [0.15, 0.2) is 34.9 Å². The second-order valence-corrected chi connectivity index (χ2v) is 3.62. The Bertz CT molecular complexity index is 537. The van der Waals surface area contributed by atoms with Crippen molar-refractivity contribution in [2.75, 3.05) is 12.4 Å². The van der Waals surface area contributed by atoms with Crippen LogP contribution in [0, 0.1) is 5.82 Å². The van der Waals surface area contributed by atoms with Crippen LogP contribution in [0.25, 0.3) is 0 Å². The molecule has 0 saturated carbocycles. The smallest absolute Gasteiger partial charge is 0.277 e. The highest BCUT2D eigenvalue weighted by Gasteiger charge is 2.11. The number of nitrogens with one attached hydrogen (secondary N) is 2. The van der Waals surface area contributed by atoms with Crippen molar-refractivity contribution < 1.29 is 13.6 Å². The van der Waals surface area contributed by atoms with E-state index in [9.17, 15) is 9.18 Å². The molecule has 6 heteroatoms. The lowest BCUT2D eigenvalue weighted by Crippen LogP contribution is -2.13. The number of carbonyl (C=O) groups excluding carboxylic acids is 1. The molecule has 0 fully saturated rings. The normalized spacial score (nSPS) is 10.3. The Hall–Kier alpha value is -2.21. The van der Waals surface area contributed by atoms with Gasteiger partial charge in [0, 0.05) is 5.69 Å². The van der Waals surface area contributed by atoms with Gasteiger partial charge in [-0.3, -0.25) is 4.79 Å². The van der Waals surface area contributed by atoms with Crippen LogP contribution in [0.1, 0.15) is 16.4 Å². The Balaban J connectivity index is 2.04. The molecule has 0 aliphatic heterocycles. The minimum absolute atomic E-state index is 0.185. The Kier molecular flexibility index (Phi) is 3.69. The molecule has 0 atom stereocenters. The fourth-order valence-electron chi connectivity index (χ4n) is 1.38. The van der Waals surface area contributed by atoms with Gasteiger partial charge in [0.15, 0.2) is 5.69 Å². The molecule has 0 unspecified atom stereocenters. The molecule has 0 aliphatic rings. The first kappa shape index (κ1) is 12.3. The number of nitrogens with zero attached hydrogens (tertiary/aromatic N) is 1. The zero-order valence-corrected chi connectivity index (χ0v) is 9.74. The summed E-state index contributed by atoms with van der Waals surface area (Å²) < 4.78 is 17.8. The maximum atomic E-state index is 12.7. The van der Waals surface area contributed by atoms with Gasteiger partial charge in [0.2, 0.25) is 5.89 Å². The number of halogens is 1. The van der Waals surface area contributed by atoms with Crippen LogP contribution < -0.4 is 10.6 Å². The Morgan fingerprint density at radius 3 is 2.78 bits per heavy atom. The molecule has 94 valence electrons. The topological polar surface area (TPSA) is 67.2 Å². The Morgan fingerprint density at radius 1 is 1.39 bits per heavy atom. The SMILES string of the molecule is CNCc1nc(C(=O)Nc2ccc(F)cc2)co1. The second-order valence-electron chi connectivity index (χ2n) is 3.62. The number of hydrogen-bond donors (Lipinski definition) is 2. The van der Waals surface area contributed by atoms with Gasteiger partial charge in [0.25, 0.3) is 5.91 Å². The summed E-state index contributed by atoms with van der Waals surface area (Å²) in [5, 5.41) is 5.45. The Labute approximate surface area is 103 Å². The third-order valence-corrected chi connectivity index (χ3v) is 2.21. The first-order valence-corrected chi connectivity index (χ1v) is 5.35. The van der Waals surface area contributed by atoms with Gasteiger partial charge < -0.3 is 15.1 Å². The fourth-order valence-corrected chi connectivity index (χ4v) is 1.38. The molecule has 2 N–H and O–H groups in total. The minimum Gasteiger partial charge on any atom is -0.447 e. The second kappa shape index (κ2) is 5.42. The molecule has 0 bridgehead atoms. The Morgan fingerprint density at radius 2 is 2.11 bits per heavy atom. The molecule has 2 aromatic rings. The highest BCUT2D eigenvalue weighted by molar-refractivity contribution is 6.02. The van der Waals surface area contributed by atoms with Crippen LogP contribution in [0.3, 0.4) is 0 Å². The van der Waals surface area contributed by atoms with Gasteiger partial charge >= 0.3 is 0 Å². The lowest BCUT2D eigenvalue weighted by atomic mass is 10.3. The van der Waals surface area contributed by atoms with Crippen molar-refractivity contribution in [3.05, 3.63) is 47.9 Å². The fraction of sp³-hybridized carbons (Fsp3) is 0.167. The summed E-state index contributed by atoms with van der Waals surface area (Å²) in [5.74, 6) is -0.319. The van der Waals surface area contributed by atoms with E-state index < -0.39 is 5.91 Å². The zero-order valence-electron chi connectivity index (χ0n) is 9.74. The van der Waals surface area contributed by atoms with E-state index in [1.807, 2.05) is 0 Å². The van der Waals surface area contributed by atoms with Crippen LogP contribution >= 0.6 is 0 Å². The first-order valence-electron chi connectivity index (χ1n) is 5.35. The van der Waals surface area contributed by atoms with E-state index >= 15 is 0 Å². The number of benzene rings is 1. The molecule has 0 spiro atoms. The summed E-state index contributed by atoms with van der Waals surface area (Å²) in [6, 6.07) is 5.49. The molecular formula is C12H12FN3O2. The van der Waals surface area contributed by atoms with Gasteiger partial charge in [0.05, 0.1) is 6.54 Å². The predicted octanol–water partition coefficient (Wildman–Crippen LogP) is 1.79. The van der Waals surface area contributed by atoms with Gasteiger partial charge in [0.1, 0.15) is 12.1 Å². The molecule has 0 saturated heterocycles. The van der Waals surface area contributed by atoms with Gasteiger partial charge in [-0.25, -0.2) is 9.37 Å². The number of oxazole rings is 1. The van der Waals surface area contributed by atoms with E-state index in [2.05, 4.69) is 15.6 Å². The van der Waals surface area contributed by atoms with E-state index in [-0.39, 0.29) is 11.5 Å². The number of rotatable bonds is 4. The third-order valence-electron chi connectivity index (χ3n) is 2.21. The lowest BCUT2D eigenvalue weighted by molar-refractivity contribution is 0.102. The van der Waals surface area contributed by atoms with Crippen LogP contribution in [-0.4, -0.2) is 17.9 Å². The van der Waals surface area contributed by atoms with Crippen molar-refractivity contribution in [2.24, 2.45) is 0 Å². The van der Waals surface area contributed by atoms with E-state index in [0.717, 1.165) is 0 Å². The summed E-state index contributed by atoms with van der Waals surface area (Å²) >= 11 is 0. The largest absolute Gasteiger partial charge is 0.447 e. The molecule has 0 radical (unpaired) electrons.